The number of hydrogen-bond acceptors (Lipinski definition) is 3. The molecule has 0 aromatic heterocycles. The van der Waals surface area contributed by atoms with Gasteiger partial charge in [0.2, 0.25) is 5.91 Å². The second kappa shape index (κ2) is 6.06. The van der Waals surface area contributed by atoms with Crippen molar-refractivity contribution in [2.45, 2.75) is 39.3 Å². The highest BCUT2D eigenvalue weighted by Crippen LogP contribution is 2.33. The van der Waals surface area contributed by atoms with E-state index < -0.39 is 5.54 Å². The number of amides is 1. The van der Waals surface area contributed by atoms with Crippen molar-refractivity contribution in [2.24, 2.45) is 0 Å². The Morgan fingerprint density at radius 3 is 2.62 bits per heavy atom. The van der Waals surface area contributed by atoms with E-state index >= 15 is 0 Å². The van der Waals surface area contributed by atoms with Crippen LogP contribution >= 0.6 is 0 Å². The molecular formula is C17H27N3O. The van der Waals surface area contributed by atoms with E-state index in [9.17, 15) is 4.79 Å². The molecule has 0 spiro atoms. The highest BCUT2D eigenvalue weighted by molar-refractivity contribution is 5.90. The third-order valence-electron chi connectivity index (χ3n) is 4.41. The van der Waals surface area contributed by atoms with Gasteiger partial charge in [0.15, 0.2) is 0 Å². The summed E-state index contributed by atoms with van der Waals surface area (Å²) in [6.07, 6.45) is 0. The Labute approximate surface area is 128 Å². The Hall–Kier alpha value is -1.55. The number of para-hydroxylation sites is 1. The number of benzene rings is 1. The average Bonchev–Trinajstić information content (AvgIpc) is 2.45. The Morgan fingerprint density at radius 2 is 1.95 bits per heavy atom. The number of nitrogens with one attached hydrogen (secondary N) is 1. The van der Waals surface area contributed by atoms with Crippen LogP contribution < -0.4 is 10.2 Å². The zero-order valence-corrected chi connectivity index (χ0v) is 13.8. The Bertz CT molecular complexity index is 513. The van der Waals surface area contributed by atoms with E-state index in [1.165, 1.54) is 5.56 Å². The highest BCUT2D eigenvalue weighted by Gasteiger charge is 2.41. The first-order valence-electron chi connectivity index (χ1n) is 7.75. The van der Waals surface area contributed by atoms with Gasteiger partial charge >= 0.3 is 0 Å². The van der Waals surface area contributed by atoms with Crippen molar-refractivity contribution >= 4 is 11.6 Å². The summed E-state index contributed by atoms with van der Waals surface area (Å²) in [6.45, 7) is 10.9. The predicted molar refractivity (Wildman–Crippen MR) is 87.6 cm³/mol. The van der Waals surface area contributed by atoms with E-state index in [1.807, 2.05) is 25.8 Å². The Morgan fingerprint density at radius 1 is 1.29 bits per heavy atom. The molecule has 1 aliphatic heterocycles. The normalized spacial score (nSPS) is 19.8. The molecule has 0 radical (unpaired) electrons. The van der Waals surface area contributed by atoms with Gasteiger partial charge in [-0.15, -0.1) is 0 Å². The highest BCUT2D eigenvalue weighted by atomic mass is 16.2. The predicted octanol–water partition coefficient (Wildman–Crippen LogP) is 2.41. The van der Waals surface area contributed by atoms with Crippen molar-refractivity contribution < 1.29 is 4.79 Å². The van der Waals surface area contributed by atoms with Gasteiger partial charge in [0, 0.05) is 31.9 Å². The molecule has 1 fully saturated rings. The van der Waals surface area contributed by atoms with Crippen LogP contribution in [0.15, 0.2) is 24.3 Å². The van der Waals surface area contributed by atoms with Crippen LogP contribution in [0.4, 0.5) is 5.69 Å². The van der Waals surface area contributed by atoms with Crippen LogP contribution in [0.2, 0.25) is 0 Å². The number of rotatable bonds is 4. The average molecular weight is 289 g/mol. The first-order valence-corrected chi connectivity index (χ1v) is 7.75. The number of carbonyl (C=O) groups is 1. The minimum absolute atomic E-state index is 0.180. The smallest absolute Gasteiger partial charge is 0.247 e. The SMILES string of the molecule is CCNC(C)c1ccccc1N1CCN(C)C(=O)C1(C)C. The molecule has 4 nitrogen and oxygen atoms in total. The fourth-order valence-electron chi connectivity index (χ4n) is 3.15. The number of nitrogens with zero attached hydrogens (tertiary/aromatic N) is 2. The molecule has 21 heavy (non-hydrogen) atoms. The van der Waals surface area contributed by atoms with Crippen LogP contribution in [-0.4, -0.2) is 43.0 Å². The summed E-state index contributed by atoms with van der Waals surface area (Å²) in [4.78, 5) is 16.6. The standard InChI is InChI=1S/C17H27N3O/c1-6-18-13(2)14-9-7-8-10-15(14)20-12-11-19(5)16(21)17(20,3)4/h7-10,13,18H,6,11-12H2,1-5H3. The van der Waals surface area contributed by atoms with Crippen molar-refractivity contribution in [3.8, 4) is 0 Å². The molecule has 2 rings (SSSR count). The maximum absolute atomic E-state index is 12.5. The van der Waals surface area contributed by atoms with Crippen molar-refractivity contribution in [3.63, 3.8) is 0 Å². The van der Waals surface area contributed by atoms with Crippen LogP contribution in [0.25, 0.3) is 0 Å². The molecule has 1 N–H and O–H groups in total. The first kappa shape index (κ1) is 15.8. The summed E-state index contributed by atoms with van der Waals surface area (Å²) in [5, 5.41) is 3.47. The molecule has 1 amide bonds. The summed E-state index contributed by atoms with van der Waals surface area (Å²) in [7, 11) is 1.88. The maximum Gasteiger partial charge on any atom is 0.247 e. The first-order chi connectivity index (χ1) is 9.89. The lowest BCUT2D eigenvalue weighted by Crippen LogP contribution is -2.62. The molecule has 1 aliphatic rings. The van der Waals surface area contributed by atoms with Crippen LogP contribution in [0.1, 0.15) is 39.3 Å². The number of anilines is 1. The van der Waals surface area contributed by atoms with E-state index in [-0.39, 0.29) is 11.9 Å². The van der Waals surface area contributed by atoms with Gasteiger partial charge in [0.1, 0.15) is 5.54 Å². The molecule has 0 saturated carbocycles. The zero-order valence-electron chi connectivity index (χ0n) is 13.8. The van der Waals surface area contributed by atoms with Crippen LogP contribution in [-0.2, 0) is 4.79 Å². The van der Waals surface area contributed by atoms with Gasteiger partial charge in [-0.25, -0.2) is 0 Å². The maximum atomic E-state index is 12.5. The minimum atomic E-state index is -0.505. The van der Waals surface area contributed by atoms with E-state index in [4.69, 9.17) is 0 Å². The molecule has 1 aromatic rings. The third kappa shape index (κ3) is 2.91. The summed E-state index contributed by atoms with van der Waals surface area (Å²) < 4.78 is 0. The third-order valence-corrected chi connectivity index (χ3v) is 4.41. The molecule has 0 bridgehead atoms. The Balaban J connectivity index is 2.40. The fourth-order valence-corrected chi connectivity index (χ4v) is 3.15. The largest absolute Gasteiger partial charge is 0.355 e. The van der Waals surface area contributed by atoms with Crippen LogP contribution in [0.5, 0.6) is 0 Å². The Kier molecular flexibility index (Phi) is 4.57. The number of piperazine rings is 1. The van der Waals surface area contributed by atoms with Crippen molar-refractivity contribution in [1.82, 2.24) is 10.2 Å². The molecule has 0 aliphatic carbocycles. The monoisotopic (exact) mass is 289 g/mol. The van der Waals surface area contributed by atoms with E-state index in [0.717, 1.165) is 25.3 Å². The van der Waals surface area contributed by atoms with Gasteiger partial charge in [0.25, 0.3) is 0 Å². The fraction of sp³-hybridized carbons (Fsp3) is 0.588. The van der Waals surface area contributed by atoms with Gasteiger partial charge in [-0.2, -0.15) is 0 Å². The van der Waals surface area contributed by atoms with Crippen molar-refractivity contribution in [1.29, 1.82) is 0 Å². The summed E-state index contributed by atoms with van der Waals surface area (Å²) >= 11 is 0. The molecule has 4 heteroatoms. The minimum Gasteiger partial charge on any atom is -0.355 e. The number of carbonyl (C=O) groups excluding carboxylic acids is 1. The van der Waals surface area contributed by atoms with Crippen molar-refractivity contribution in [2.75, 3.05) is 31.6 Å². The van der Waals surface area contributed by atoms with Crippen LogP contribution in [0.3, 0.4) is 0 Å². The molecule has 1 heterocycles. The summed E-state index contributed by atoms with van der Waals surface area (Å²) in [5.41, 5.74) is 1.91. The van der Waals surface area contributed by atoms with Gasteiger partial charge in [-0.1, -0.05) is 25.1 Å². The molecule has 1 saturated heterocycles. The zero-order chi connectivity index (χ0) is 15.6. The van der Waals surface area contributed by atoms with Gasteiger partial charge in [-0.05, 0) is 38.9 Å². The van der Waals surface area contributed by atoms with Crippen LogP contribution in [0, 0.1) is 0 Å². The van der Waals surface area contributed by atoms with Gasteiger partial charge in [-0.3, -0.25) is 4.79 Å². The molecule has 1 atom stereocenters. The van der Waals surface area contributed by atoms with E-state index in [2.05, 4.69) is 48.3 Å². The van der Waals surface area contributed by atoms with E-state index in [0.29, 0.717) is 0 Å². The van der Waals surface area contributed by atoms with Gasteiger partial charge < -0.3 is 15.1 Å². The van der Waals surface area contributed by atoms with Crippen molar-refractivity contribution in [3.05, 3.63) is 29.8 Å². The molecule has 1 unspecified atom stereocenters. The second-order valence-electron chi connectivity index (χ2n) is 6.28. The molecule has 116 valence electrons. The van der Waals surface area contributed by atoms with E-state index in [1.54, 1.807) is 0 Å². The topological polar surface area (TPSA) is 35.6 Å². The lowest BCUT2D eigenvalue weighted by Gasteiger charge is -2.47. The lowest BCUT2D eigenvalue weighted by molar-refractivity contribution is -0.136. The molecular weight excluding hydrogens is 262 g/mol. The number of likely N-dealkylation sites (N-methyl/N-ethyl adjacent to an activating group) is 1. The molecule has 1 aromatic carbocycles. The second-order valence-corrected chi connectivity index (χ2v) is 6.28. The van der Waals surface area contributed by atoms with Gasteiger partial charge in [0.05, 0.1) is 0 Å². The quantitative estimate of drug-likeness (QED) is 0.924. The summed E-state index contributed by atoms with van der Waals surface area (Å²) in [6, 6.07) is 8.68. The number of hydrogen-bond donors (Lipinski definition) is 1. The summed E-state index contributed by atoms with van der Waals surface area (Å²) in [5.74, 6) is 0.180. The lowest BCUT2D eigenvalue weighted by atomic mass is 9.94.